The normalized spacial score (nSPS) is 11.9. The highest BCUT2D eigenvalue weighted by Gasteiger charge is 2.09. The van der Waals surface area contributed by atoms with Gasteiger partial charge in [0, 0.05) is 13.1 Å². The Morgan fingerprint density at radius 1 is 1.45 bits per heavy atom. The maximum atomic E-state index is 10.6. The standard InChI is InChI=1S/C14H20N4O2/c1-18(2)8-7-17-13(9-15)11-3-5-12(6-4-11)20-10-14(16)19/h3-6,13,17H,7-8,10H2,1-2H3,(H2,16,19). The molecule has 6 heteroatoms. The van der Waals surface area contributed by atoms with Crippen molar-refractivity contribution in [2.75, 3.05) is 33.8 Å². The third-order valence-electron chi connectivity index (χ3n) is 2.63. The van der Waals surface area contributed by atoms with Crippen LogP contribution in [0.3, 0.4) is 0 Å². The van der Waals surface area contributed by atoms with Crippen molar-refractivity contribution in [2.24, 2.45) is 5.73 Å². The SMILES string of the molecule is CN(C)CCNC(C#N)c1ccc(OCC(N)=O)cc1. The number of likely N-dealkylation sites (N-methyl/N-ethyl adjacent to an activating group) is 1. The average molecular weight is 276 g/mol. The van der Waals surface area contributed by atoms with Gasteiger partial charge in [0.15, 0.2) is 6.61 Å². The van der Waals surface area contributed by atoms with Crippen LogP contribution in [0.4, 0.5) is 0 Å². The number of rotatable bonds is 8. The van der Waals surface area contributed by atoms with Gasteiger partial charge < -0.3 is 15.4 Å². The van der Waals surface area contributed by atoms with E-state index in [1.54, 1.807) is 24.3 Å². The van der Waals surface area contributed by atoms with E-state index < -0.39 is 5.91 Å². The monoisotopic (exact) mass is 276 g/mol. The van der Waals surface area contributed by atoms with Crippen molar-refractivity contribution in [2.45, 2.75) is 6.04 Å². The summed E-state index contributed by atoms with van der Waals surface area (Å²) in [7, 11) is 3.96. The molecule has 1 rings (SSSR count). The van der Waals surface area contributed by atoms with Gasteiger partial charge >= 0.3 is 0 Å². The summed E-state index contributed by atoms with van der Waals surface area (Å²) in [5, 5.41) is 12.3. The van der Waals surface area contributed by atoms with Gasteiger partial charge in [-0.05, 0) is 31.8 Å². The first-order valence-electron chi connectivity index (χ1n) is 6.31. The Hall–Kier alpha value is -2.10. The summed E-state index contributed by atoms with van der Waals surface area (Å²) in [5.74, 6) is 0.0341. The average Bonchev–Trinajstić information content (AvgIpc) is 2.42. The van der Waals surface area contributed by atoms with Crippen molar-refractivity contribution in [1.29, 1.82) is 5.26 Å². The maximum absolute atomic E-state index is 10.6. The van der Waals surface area contributed by atoms with Crippen LogP contribution in [0.1, 0.15) is 11.6 Å². The fourth-order valence-electron chi connectivity index (χ4n) is 1.58. The Balaban J connectivity index is 2.56. The van der Waals surface area contributed by atoms with Gasteiger partial charge in [0.1, 0.15) is 11.8 Å². The number of carbonyl (C=O) groups is 1. The molecular weight excluding hydrogens is 256 g/mol. The Kier molecular flexibility index (Phi) is 6.50. The molecule has 1 amide bonds. The van der Waals surface area contributed by atoms with Gasteiger partial charge in [-0.15, -0.1) is 0 Å². The topological polar surface area (TPSA) is 91.4 Å². The number of nitrogens with two attached hydrogens (primary N) is 1. The molecule has 6 nitrogen and oxygen atoms in total. The summed E-state index contributed by atoms with van der Waals surface area (Å²) in [6.07, 6.45) is 0. The van der Waals surface area contributed by atoms with E-state index in [4.69, 9.17) is 10.5 Å². The van der Waals surface area contributed by atoms with Crippen molar-refractivity contribution in [3.63, 3.8) is 0 Å². The fourth-order valence-corrected chi connectivity index (χ4v) is 1.58. The molecule has 0 bridgehead atoms. The van der Waals surface area contributed by atoms with E-state index in [0.717, 1.165) is 18.7 Å². The van der Waals surface area contributed by atoms with Crippen molar-refractivity contribution in [1.82, 2.24) is 10.2 Å². The number of hydrogen-bond acceptors (Lipinski definition) is 5. The number of nitrogens with zero attached hydrogens (tertiary/aromatic N) is 2. The Morgan fingerprint density at radius 3 is 2.60 bits per heavy atom. The highest BCUT2D eigenvalue weighted by molar-refractivity contribution is 5.75. The Labute approximate surface area is 119 Å². The zero-order valence-electron chi connectivity index (χ0n) is 11.8. The summed E-state index contributed by atoms with van der Waals surface area (Å²) in [6.45, 7) is 1.44. The zero-order chi connectivity index (χ0) is 15.0. The molecule has 1 unspecified atom stereocenters. The lowest BCUT2D eigenvalue weighted by Crippen LogP contribution is -2.29. The molecule has 0 aliphatic rings. The fraction of sp³-hybridized carbons (Fsp3) is 0.429. The van der Waals surface area contributed by atoms with Crippen LogP contribution in [-0.2, 0) is 4.79 Å². The molecule has 0 aliphatic heterocycles. The lowest BCUT2D eigenvalue weighted by Gasteiger charge is -2.15. The Bertz CT molecular complexity index is 465. The Morgan fingerprint density at radius 2 is 2.10 bits per heavy atom. The molecule has 0 aliphatic carbocycles. The molecule has 1 atom stereocenters. The van der Waals surface area contributed by atoms with Crippen LogP contribution >= 0.6 is 0 Å². The number of benzene rings is 1. The zero-order valence-corrected chi connectivity index (χ0v) is 11.8. The van der Waals surface area contributed by atoms with Crippen LogP contribution in [0.2, 0.25) is 0 Å². The van der Waals surface area contributed by atoms with Gasteiger partial charge in [-0.1, -0.05) is 12.1 Å². The van der Waals surface area contributed by atoms with Crippen LogP contribution in [0.25, 0.3) is 0 Å². The number of primary amides is 1. The molecule has 1 aromatic rings. The summed E-state index contributed by atoms with van der Waals surface area (Å²) < 4.78 is 5.16. The van der Waals surface area contributed by atoms with Crippen LogP contribution in [0, 0.1) is 11.3 Å². The lowest BCUT2D eigenvalue weighted by atomic mass is 10.1. The molecule has 108 valence electrons. The highest BCUT2D eigenvalue weighted by Crippen LogP contribution is 2.17. The predicted molar refractivity (Wildman–Crippen MR) is 76.0 cm³/mol. The largest absolute Gasteiger partial charge is 0.484 e. The maximum Gasteiger partial charge on any atom is 0.255 e. The highest BCUT2D eigenvalue weighted by atomic mass is 16.5. The molecular formula is C14H20N4O2. The van der Waals surface area contributed by atoms with Crippen molar-refractivity contribution in [3.8, 4) is 11.8 Å². The van der Waals surface area contributed by atoms with Crippen LogP contribution < -0.4 is 15.8 Å². The molecule has 0 radical (unpaired) electrons. The van der Waals surface area contributed by atoms with E-state index in [2.05, 4.69) is 11.4 Å². The summed E-state index contributed by atoms with van der Waals surface area (Å²) >= 11 is 0. The van der Waals surface area contributed by atoms with Crippen molar-refractivity contribution in [3.05, 3.63) is 29.8 Å². The number of nitrogens with one attached hydrogen (secondary N) is 1. The van der Waals surface area contributed by atoms with E-state index in [1.807, 2.05) is 19.0 Å². The third kappa shape index (κ3) is 5.69. The molecule has 0 fully saturated rings. The first-order valence-corrected chi connectivity index (χ1v) is 6.31. The van der Waals surface area contributed by atoms with E-state index >= 15 is 0 Å². The number of carbonyl (C=O) groups excluding carboxylic acids is 1. The minimum absolute atomic E-state index is 0.151. The molecule has 3 N–H and O–H groups in total. The molecule has 0 saturated heterocycles. The number of nitriles is 1. The first-order chi connectivity index (χ1) is 9.52. The minimum Gasteiger partial charge on any atom is -0.484 e. The molecule has 0 saturated carbocycles. The van der Waals surface area contributed by atoms with Crippen LogP contribution in [0.15, 0.2) is 24.3 Å². The van der Waals surface area contributed by atoms with Gasteiger partial charge in [-0.25, -0.2) is 0 Å². The second kappa shape index (κ2) is 8.15. The van der Waals surface area contributed by atoms with E-state index in [0.29, 0.717) is 5.75 Å². The predicted octanol–water partition coefficient (Wildman–Crippen LogP) is 0.267. The molecule has 0 heterocycles. The van der Waals surface area contributed by atoms with E-state index in [1.165, 1.54) is 0 Å². The summed E-state index contributed by atoms with van der Waals surface area (Å²) in [5.41, 5.74) is 5.86. The van der Waals surface area contributed by atoms with Gasteiger partial charge in [-0.2, -0.15) is 5.26 Å². The molecule has 0 aromatic heterocycles. The minimum atomic E-state index is -0.519. The first kappa shape index (κ1) is 16.0. The van der Waals surface area contributed by atoms with E-state index in [9.17, 15) is 10.1 Å². The summed E-state index contributed by atoms with van der Waals surface area (Å²) in [4.78, 5) is 12.7. The second-order valence-electron chi connectivity index (χ2n) is 4.64. The van der Waals surface area contributed by atoms with Crippen molar-refractivity contribution >= 4 is 5.91 Å². The second-order valence-corrected chi connectivity index (χ2v) is 4.64. The van der Waals surface area contributed by atoms with Gasteiger partial charge in [0.25, 0.3) is 5.91 Å². The number of amides is 1. The number of ether oxygens (including phenoxy) is 1. The van der Waals surface area contributed by atoms with Gasteiger partial charge in [-0.3, -0.25) is 10.1 Å². The molecule has 0 spiro atoms. The number of hydrogen-bond donors (Lipinski definition) is 2. The third-order valence-corrected chi connectivity index (χ3v) is 2.63. The van der Waals surface area contributed by atoms with Gasteiger partial charge in [0.2, 0.25) is 0 Å². The smallest absolute Gasteiger partial charge is 0.255 e. The lowest BCUT2D eigenvalue weighted by molar-refractivity contribution is -0.119. The summed E-state index contributed by atoms with van der Waals surface area (Å²) in [6, 6.07) is 8.89. The molecule has 20 heavy (non-hydrogen) atoms. The molecule has 1 aromatic carbocycles. The van der Waals surface area contributed by atoms with Crippen LogP contribution in [0.5, 0.6) is 5.75 Å². The van der Waals surface area contributed by atoms with Crippen molar-refractivity contribution < 1.29 is 9.53 Å². The van der Waals surface area contributed by atoms with Crippen LogP contribution in [-0.4, -0.2) is 44.6 Å². The quantitative estimate of drug-likeness (QED) is 0.711. The van der Waals surface area contributed by atoms with E-state index in [-0.39, 0.29) is 12.6 Å². The van der Waals surface area contributed by atoms with Gasteiger partial charge in [0.05, 0.1) is 6.07 Å².